The summed E-state index contributed by atoms with van der Waals surface area (Å²) >= 11 is 0. The van der Waals surface area contributed by atoms with Crippen LogP contribution in [0.3, 0.4) is 0 Å². The average molecular weight is 156 g/mol. The van der Waals surface area contributed by atoms with Crippen molar-refractivity contribution in [2.45, 2.75) is 25.9 Å². The standard InChI is InChI=1S/C6H11F3O/c1-2-3-4-10-5-6(7,8)9/h2-5H2,1H3. The molecule has 0 aromatic rings. The molecular weight excluding hydrogens is 145 g/mol. The molecular formula is C6H11F3O. The smallest absolute Gasteiger partial charge is 0.372 e. The van der Waals surface area contributed by atoms with Gasteiger partial charge in [0.25, 0.3) is 0 Å². The quantitative estimate of drug-likeness (QED) is 0.568. The number of alkyl halides is 3. The lowest BCUT2D eigenvalue weighted by molar-refractivity contribution is -0.174. The molecule has 0 saturated heterocycles. The van der Waals surface area contributed by atoms with E-state index in [0.717, 1.165) is 6.42 Å². The van der Waals surface area contributed by atoms with Crippen molar-refractivity contribution in [3.05, 3.63) is 0 Å². The number of rotatable bonds is 4. The van der Waals surface area contributed by atoms with Gasteiger partial charge in [0.1, 0.15) is 6.61 Å². The van der Waals surface area contributed by atoms with Gasteiger partial charge in [0.2, 0.25) is 0 Å². The Kier molecular flexibility index (Phi) is 4.43. The van der Waals surface area contributed by atoms with Gasteiger partial charge in [-0.2, -0.15) is 13.2 Å². The summed E-state index contributed by atoms with van der Waals surface area (Å²) in [4.78, 5) is 0. The SMILES string of the molecule is CCCCOCC(F)(F)F. The maximum atomic E-state index is 11.4. The van der Waals surface area contributed by atoms with Gasteiger partial charge in [-0.25, -0.2) is 0 Å². The molecule has 0 bridgehead atoms. The van der Waals surface area contributed by atoms with Crippen molar-refractivity contribution in [2.24, 2.45) is 0 Å². The van der Waals surface area contributed by atoms with Crippen LogP contribution in [0.4, 0.5) is 13.2 Å². The van der Waals surface area contributed by atoms with E-state index in [-0.39, 0.29) is 6.61 Å². The van der Waals surface area contributed by atoms with Gasteiger partial charge >= 0.3 is 6.18 Å². The summed E-state index contributed by atoms with van der Waals surface area (Å²) < 4.78 is 38.4. The van der Waals surface area contributed by atoms with Crippen LogP contribution in [-0.2, 0) is 4.74 Å². The van der Waals surface area contributed by atoms with Crippen LogP contribution in [0.15, 0.2) is 0 Å². The third-order valence-corrected chi connectivity index (χ3v) is 0.908. The molecule has 0 rings (SSSR count). The molecule has 0 unspecified atom stereocenters. The second-order valence-electron chi connectivity index (χ2n) is 2.02. The van der Waals surface area contributed by atoms with E-state index in [1.807, 2.05) is 6.92 Å². The summed E-state index contributed by atoms with van der Waals surface area (Å²) in [5.74, 6) is 0. The average Bonchev–Trinajstić information content (AvgIpc) is 1.78. The molecule has 0 aromatic heterocycles. The van der Waals surface area contributed by atoms with Gasteiger partial charge in [-0.1, -0.05) is 13.3 Å². The van der Waals surface area contributed by atoms with Gasteiger partial charge < -0.3 is 4.74 Å². The van der Waals surface area contributed by atoms with E-state index in [1.54, 1.807) is 0 Å². The van der Waals surface area contributed by atoms with Crippen LogP contribution in [0.25, 0.3) is 0 Å². The molecule has 0 amide bonds. The molecule has 0 radical (unpaired) electrons. The third-order valence-electron chi connectivity index (χ3n) is 0.908. The topological polar surface area (TPSA) is 9.23 Å². The van der Waals surface area contributed by atoms with Crippen LogP contribution in [-0.4, -0.2) is 19.4 Å². The van der Waals surface area contributed by atoms with E-state index in [4.69, 9.17) is 0 Å². The minimum Gasteiger partial charge on any atom is -0.372 e. The minimum absolute atomic E-state index is 0.204. The van der Waals surface area contributed by atoms with Crippen LogP contribution >= 0.6 is 0 Å². The van der Waals surface area contributed by atoms with Crippen LogP contribution < -0.4 is 0 Å². The lowest BCUT2D eigenvalue weighted by atomic mass is 10.4. The molecule has 0 saturated carbocycles. The zero-order valence-corrected chi connectivity index (χ0v) is 5.87. The Balaban J connectivity index is 3.04. The fraction of sp³-hybridized carbons (Fsp3) is 1.00. The predicted octanol–water partition coefficient (Wildman–Crippen LogP) is 2.37. The van der Waals surface area contributed by atoms with Gasteiger partial charge in [0.15, 0.2) is 0 Å². The van der Waals surface area contributed by atoms with Crippen molar-refractivity contribution in [2.75, 3.05) is 13.2 Å². The van der Waals surface area contributed by atoms with E-state index in [1.165, 1.54) is 0 Å². The second-order valence-corrected chi connectivity index (χ2v) is 2.02. The van der Waals surface area contributed by atoms with Crippen molar-refractivity contribution in [1.82, 2.24) is 0 Å². The Morgan fingerprint density at radius 2 is 1.90 bits per heavy atom. The fourth-order valence-corrected chi connectivity index (χ4v) is 0.434. The van der Waals surface area contributed by atoms with E-state index in [0.29, 0.717) is 6.42 Å². The molecule has 62 valence electrons. The van der Waals surface area contributed by atoms with Crippen LogP contribution in [0.2, 0.25) is 0 Å². The summed E-state index contributed by atoms with van der Waals surface area (Å²) in [5, 5.41) is 0. The lowest BCUT2D eigenvalue weighted by Crippen LogP contribution is -2.17. The largest absolute Gasteiger partial charge is 0.411 e. The highest BCUT2D eigenvalue weighted by atomic mass is 19.4. The van der Waals surface area contributed by atoms with Crippen molar-refractivity contribution >= 4 is 0 Å². The van der Waals surface area contributed by atoms with Crippen LogP contribution in [0.1, 0.15) is 19.8 Å². The van der Waals surface area contributed by atoms with E-state index in [2.05, 4.69) is 4.74 Å². The van der Waals surface area contributed by atoms with Gasteiger partial charge in [-0.15, -0.1) is 0 Å². The highest BCUT2D eigenvalue weighted by Crippen LogP contribution is 2.14. The van der Waals surface area contributed by atoms with Crippen molar-refractivity contribution in [3.63, 3.8) is 0 Å². The summed E-state index contributed by atoms with van der Waals surface area (Å²) in [6.45, 7) is 0.986. The molecule has 0 aromatic carbocycles. The number of ether oxygens (including phenoxy) is 1. The number of halogens is 3. The van der Waals surface area contributed by atoms with Gasteiger partial charge in [0, 0.05) is 6.61 Å². The Morgan fingerprint density at radius 1 is 1.30 bits per heavy atom. The summed E-state index contributed by atoms with van der Waals surface area (Å²) in [7, 11) is 0. The molecule has 0 atom stereocenters. The molecule has 0 heterocycles. The van der Waals surface area contributed by atoms with Crippen LogP contribution in [0.5, 0.6) is 0 Å². The number of hydrogen-bond donors (Lipinski definition) is 0. The lowest BCUT2D eigenvalue weighted by Gasteiger charge is -2.05. The number of unbranched alkanes of at least 4 members (excludes halogenated alkanes) is 1. The van der Waals surface area contributed by atoms with Crippen molar-refractivity contribution in [1.29, 1.82) is 0 Å². The highest BCUT2D eigenvalue weighted by molar-refractivity contribution is 4.44. The van der Waals surface area contributed by atoms with Crippen LogP contribution in [0, 0.1) is 0 Å². The molecule has 4 heteroatoms. The zero-order chi connectivity index (χ0) is 8.04. The van der Waals surface area contributed by atoms with Gasteiger partial charge in [-0.3, -0.25) is 0 Å². The van der Waals surface area contributed by atoms with Gasteiger partial charge in [0.05, 0.1) is 0 Å². The Hall–Kier alpha value is -0.250. The minimum atomic E-state index is -4.17. The maximum absolute atomic E-state index is 11.4. The Bertz CT molecular complexity index is 79.6. The fourth-order valence-electron chi connectivity index (χ4n) is 0.434. The van der Waals surface area contributed by atoms with E-state index in [9.17, 15) is 13.2 Å². The Labute approximate surface area is 58.2 Å². The van der Waals surface area contributed by atoms with E-state index < -0.39 is 12.8 Å². The normalized spacial score (nSPS) is 12.0. The maximum Gasteiger partial charge on any atom is 0.411 e. The monoisotopic (exact) mass is 156 g/mol. The molecule has 1 nitrogen and oxygen atoms in total. The van der Waals surface area contributed by atoms with E-state index >= 15 is 0 Å². The van der Waals surface area contributed by atoms with Crippen molar-refractivity contribution < 1.29 is 17.9 Å². The Morgan fingerprint density at radius 3 is 2.30 bits per heavy atom. The molecule has 0 N–H and O–H groups in total. The summed E-state index contributed by atoms with van der Waals surface area (Å²) in [6, 6.07) is 0. The molecule has 0 aliphatic carbocycles. The first-order valence-corrected chi connectivity index (χ1v) is 3.20. The molecule has 0 aliphatic heterocycles. The van der Waals surface area contributed by atoms with Gasteiger partial charge in [-0.05, 0) is 6.42 Å². The first-order chi connectivity index (χ1) is 4.56. The highest BCUT2D eigenvalue weighted by Gasteiger charge is 2.26. The molecule has 0 aliphatic rings. The van der Waals surface area contributed by atoms with Crippen molar-refractivity contribution in [3.8, 4) is 0 Å². The summed E-state index contributed by atoms with van der Waals surface area (Å²) in [5.41, 5.74) is 0. The third kappa shape index (κ3) is 7.75. The molecule has 10 heavy (non-hydrogen) atoms. The molecule has 0 spiro atoms. The zero-order valence-electron chi connectivity index (χ0n) is 5.87. The molecule has 0 fully saturated rings. The first kappa shape index (κ1) is 9.75. The summed E-state index contributed by atoms with van der Waals surface area (Å²) in [6.07, 6.45) is -2.62. The second kappa shape index (κ2) is 4.55. The number of hydrogen-bond acceptors (Lipinski definition) is 1. The predicted molar refractivity (Wildman–Crippen MR) is 31.8 cm³/mol. The first-order valence-electron chi connectivity index (χ1n) is 3.20.